The number of esters is 1. The Morgan fingerprint density at radius 3 is 2.67 bits per heavy atom. The molecule has 1 amide bonds. The Labute approximate surface area is 108 Å². The summed E-state index contributed by atoms with van der Waals surface area (Å²) in [6.45, 7) is 7.25. The maximum atomic E-state index is 12.1. The molecule has 0 aromatic rings. The highest BCUT2D eigenvalue weighted by Gasteiger charge is 2.42. The first-order valence-corrected chi connectivity index (χ1v) is 6.63. The zero-order valence-corrected chi connectivity index (χ0v) is 11.4. The Kier molecular flexibility index (Phi) is 3.61. The van der Waals surface area contributed by atoms with E-state index in [9.17, 15) is 9.59 Å². The van der Waals surface area contributed by atoms with Crippen molar-refractivity contribution in [3.63, 3.8) is 0 Å². The third-order valence-corrected chi connectivity index (χ3v) is 3.36. The molecule has 2 rings (SSSR count). The Morgan fingerprint density at radius 2 is 2.11 bits per heavy atom. The van der Waals surface area contributed by atoms with Crippen LogP contribution in [0.1, 0.15) is 40.0 Å². The molecule has 0 saturated carbocycles. The van der Waals surface area contributed by atoms with Crippen LogP contribution in [0.3, 0.4) is 0 Å². The number of carbonyl (C=O) groups excluding carboxylic acids is 2. The molecule has 0 aromatic carbocycles. The zero-order valence-electron chi connectivity index (χ0n) is 11.4. The van der Waals surface area contributed by atoms with Gasteiger partial charge in [-0.2, -0.15) is 0 Å². The molecular weight excluding hydrogens is 232 g/mol. The van der Waals surface area contributed by atoms with Crippen molar-refractivity contribution in [2.24, 2.45) is 0 Å². The quantitative estimate of drug-likeness (QED) is 0.736. The first-order chi connectivity index (χ1) is 8.38. The molecule has 102 valence electrons. The minimum absolute atomic E-state index is 0.0829. The van der Waals surface area contributed by atoms with Gasteiger partial charge in [-0.15, -0.1) is 0 Å². The molecule has 1 N–H and O–H groups in total. The summed E-state index contributed by atoms with van der Waals surface area (Å²) in [5, 5.41) is 3.23. The van der Waals surface area contributed by atoms with Gasteiger partial charge < -0.3 is 15.0 Å². The SMILES string of the molecule is CC(C)(C)OC(=O)C1CCC(=O)N1C1CCNC1. The van der Waals surface area contributed by atoms with E-state index in [1.54, 1.807) is 4.90 Å². The molecular formula is C13H22N2O3. The molecule has 2 atom stereocenters. The van der Waals surface area contributed by atoms with Gasteiger partial charge in [0.15, 0.2) is 0 Å². The van der Waals surface area contributed by atoms with Gasteiger partial charge in [0.2, 0.25) is 5.91 Å². The van der Waals surface area contributed by atoms with Crippen LogP contribution in [0.2, 0.25) is 0 Å². The van der Waals surface area contributed by atoms with Crippen molar-refractivity contribution in [2.75, 3.05) is 13.1 Å². The van der Waals surface area contributed by atoms with Gasteiger partial charge >= 0.3 is 5.97 Å². The summed E-state index contributed by atoms with van der Waals surface area (Å²) in [4.78, 5) is 25.8. The second-order valence-corrected chi connectivity index (χ2v) is 6.04. The Hall–Kier alpha value is -1.10. The maximum absolute atomic E-state index is 12.1. The second kappa shape index (κ2) is 4.88. The smallest absolute Gasteiger partial charge is 0.329 e. The molecule has 2 unspecified atom stereocenters. The van der Waals surface area contributed by atoms with Crippen LogP contribution in [0.25, 0.3) is 0 Å². The van der Waals surface area contributed by atoms with Crippen molar-refractivity contribution in [1.82, 2.24) is 10.2 Å². The van der Waals surface area contributed by atoms with Crippen LogP contribution < -0.4 is 5.32 Å². The Balaban J connectivity index is 2.06. The number of carbonyl (C=O) groups is 2. The largest absolute Gasteiger partial charge is 0.458 e. The third kappa shape index (κ3) is 2.83. The molecule has 0 spiro atoms. The minimum atomic E-state index is -0.498. The number of ether oxygens (including phenoxy) is 1. The van der Waals surface area contributed by atoms with Crippen molar-refractivity contribution in [1.29, 1.82) is 0 Å². The summed E-state index contributed by atoms with van der Waals surface area (Å²) in [6.07, 6.45) is 1.97. The van der Waals surface area contributed by atoms with Crippen molar-refractivity contribution in [3.8, 4) is 0 Å². The van der Waals surface area contributed by atoms with Gasteiger partial charge in [0, 0.05) is 19.0 Å². The van der Waals surface area contributed by atoms with Gasteiger partial charge in [0.05, 0.1) is 0 Å². The fraction of sp³-hybridized carbons (Fsp3) is 0.846. The number of hydrogen-bond donors (Lipinski definition) is 1. The van der Waals surface area contributed by atoms with Crippen LogP contribution in [0.4, 0.5) is 0 Å². The molecule has 0 bridgehead atoms. The summed E-state index contributed by atoms with van der Waals surface area (Å²) in [6, 6.07) is -0.237. The Bertz CT molecular complexity index is 343. The first-order valence-electron chi connectivity index (χ1n) is 6.63. The van der Waals surface area contributed by atoms with Gasteiger partial charge in [-0.3, -0.25) is 4.79 Å². The van der Waals surface area contributed by atoms with E-state index >= 15 is 0 Å². The molecule has 2 fully saturated rings. The van der Waals surface area contributed by atoms with Crippen molar-refractivity contribution in [3.05, 3.63) is 0 Å². The number of nitrogens with zero attached hydrogens (tertiary/aromatic N) is 1. The van der Waals surface area contributed by atoms with Gasteiger partial charge in [-0.1, -0.05) is 0 Å². The predicted octanol–water partition coefficient (Wildman–Crippen LogP) is 0.681. The summed E-state index contributed by atoms with van der Waals surface area (Å²) < 4.78 is 5.41. The van der Waals surface area contributed by atoms with Crippen LogP contribution in [-0.2, 0) is 14.3 Å². The van der Waals surface area contributed by atoms with E-state index in [-0.39, 0.29) is 24.0 Å². The molecule has 2 saturated heterocycles. The maximum Gasteiger partial charge on any atom is 0.329 e. The van der Waals surface area contributed by atoms with E-state index in [1.165, 1.54) is 0 Å². The van der Waals surface area contributed by atoms with Crippen LogP contribution in [0.5, 0.6) is 0 Å². The summed E-state index contributed by atoms with van der Waals surface area (Å²) in [7, 11) is 0. The minimum Gasteiger partial charge on any atom is -0.458 e. The third-order valence-electron chi connectivity index (χ3n) is 3.36. The normalized spacial score (nSPS) is 28.8. The van der Waals surface area contributed by atoms with Crippen LogP contribution >= 0.6 is 0 Å². The van der Waals surface area contributed by atoms with Crippen LogP contribution in [0, 0.1) is 0 Å². The van der Waals surface area contributed by atoms with Crippen LogP contribution in [0.15, 0.2) is 0 Å². The van der Waals surface area contributed by atoms with E-state index in [2.05, 4.69) is 5.32 Å². The van der Waals surface area contributed by atoms with Crippen LogP contribution in [-0.4, -0.2) is 47.6 Å². The molecule has 18 heavy (non-hydrogen) atoms. The van der Waals surface area contributed by atoms with Gasteiger partial charge in [0.1, 0.15) is 11.6 Å². The molecule has 0 aliphatic carbocycles. The second-order valence-electron chi connectivity index (χ2n) is 6.04. The number of rotatable bonds is 2. The lowest BCUT2D eigenvalue weighted by molar-refractivity contribution is -0.163. The predicted molar refractivity (Wildman–Crippen MR) is 67.0 cm³/mol. The fourth-order valence-corrected chi connectivity index (χ4v) is 2.64. The van der Waals surface area contributed by atoms with Crippen molar-refractivity contribution < 1.29 is 14.3 Å². The van der Waals surface area contributed by atoms with Gasteiger partial charge in [-0.05, 0) is 40.2 Å². The highest BCUT2D eigenvalue weighted by atomic mass is 16.6. The van der Waals surface area contributed by atoms with E-state index in [1.807, 2.05) is 20.8 Å². The lowest BCUT2D eigenvalue weighted by atomic mass is 10.1. The average molecular weight is 254 g/mol. The Morgan fingerprint density at radius 1 is 1.39 bits per heavy atom. The van der Waals surface area contributed by atoms with E-state index in [4.69, 9.17) is 4.74 Å². The molecule has 2 aliphatic rings. The highest BCUT2D eigenvalue weighted by Crippen LogP contribution is 2.26. The lowest BCUT2D eigenvalue weighted by Crippen LogP contribution is -2.48. The summed E-state index contributed by atoms with van der Waals surface area (Å²) >= 11 is 0. The standard InChI is InChI=1S/C13H22N2O3/c1-13(2,3)18-12(17)10-4-5-11(16)15(10)9-6-7-14-8-9/h9-10,14H,4-8H2,1-3H3. The van der Waals surface area contributed by atoms with E-state index in [0.717, 1.165) is 19.5 Å². The highest BCUT2D eigenvalue weighted by molar-refractivity contribution is 5.88. The van der Waals surface area contributed by atoms with E-state index in [0.29, 0.717) is 12.8 Å². The lowest BCUT2D eigenvalue weighted by Gasteiger charge is -2.31. The summed E-state index contributed by atoms with van der Waals surface area (Å²) in [5.41, 5.74) is -0.498. The van der Waals surface area contributed by atoms with E-state index < -0.39 is 5.60 Å². The number of hydrogen-bond acceptors (Lipinski definition) is 4. The average Bonchev–Trinajstić information content (AvgIpc) is 2.82. The first kappa shape index (κ1) is 13.3. The van der Waals surface area contributed by atoms with Gasteiger partial charge in [0.25, 0.3) is 0 Å². The zero-order chi connectivity index (χ0) is 13.3. The summed E-state index contributed by atoms with van der Waals surface area (Å²) in [5.74, 6) is -0.181. The van der Waals surface area contributed by atoms with Crippen molar-refractivity contribution >= 4 is 11.9 Å². The monoisotopic (exact) mass is 254 g/mol. The molecule has 5 heteroatoms. The van der Waals surface area contributed by atoms with Crippen molar-refractivity contribution in [2.45, 2.75) is 57.7 Å². The molecule has 0 radical (unpaired) electrons. The fourth-order valence-electron chi connectivity index (χ4n) is 2.64. The topological polar surface area (TPSA) is 58.6 Å². The van der Waals surface area contributed by atoms with Gasteiger partial charge in [-0.25, -0.2) is 4.79 Å². The molecule has 2 aliphatic heterocycles. The molecule has 5 nitrogen and oxygen atoms in total. The number of amides is 1. The number of likely N-dealkylation sites (tertiary alicyclic amines) is 1. The molecule has 2 heterocycles. The molecule has 0 aromatic heterocycles. The number of nitrogens with one attached hydrogen (secondary N) is 1.